The maximum Gasteiger partial charge on any atom is 0.143 e. The van der Waals surface area contributed by atoms with Crippen LogP contribution < -0.4 is 0 Å². The average molecular weight is 1290 g/mol. The summed E-state index contributed by atoms with van der Waals surface area (Å²) in [5.41, 5.74) is 24.4. The van der Waals surface area contributed by atoms with Gasteiger partial charge in [-0.05, 0) is 176 Å². The van der Waals surface area contributed by atoms with Crippen molar-refractivity contribution in [2.75, 3.05) is 0 Å². The van der Waals surface area contributed by atoms with Gasteiger partial charge in [0.25, 0.3) is 0 Å². The van der Waals surface area contributed by atoms with Gasteiger partial charge in [0.2, 0.25) is 0 Å². The van der Waals surface area contributed by atoms with Crippen molar-refractivity contribution in [2.45, 2.75) is 59.3 Å². The Kier molecular flexibility index (Phi) is 15.8. The van der Waals surface area contributed by atoms with Gasteiger partial charge in [-0.15, -0.1) is 0 Å². The van der Waals surface area contributed by atoms with Crippen molar-refractivity contribution in [3.63, 3.8) is 0 Å². The van der Waals surface area contributed by atoms with Crippen molar-refractivity contribution in [3.05, 3.63) is 338 Å². The van der Waals surface area contributed by atoms with Crippen LogP contribution >= 0.6 is 0 Å². The van der Waals surface area contributed by atoms with E-state index >= 15 is 0 Å². The summed E-state index contributed by atoms with van der Waals surface area (Å²) in [6, 6.07) is 116. The second kappa shape index (κ2) is 25.8. The van der Waals surface area contributed by atoms with Gasteiger partial charge in [-0.2, -0.15) is 0 Å². The van der Waals surface area contributed by atoms with E-state index in [0.717, 1.165) is 55.4 Å². The van der Waals surface area contributed by atoms with E-state index in [1.54, 1.807) is 0 Å². The molecule has 0 aliphatic rings. The fourth-order valence-corrected chi connectivity index (χ4v) is 14.8. The summed E-state index contributed by atoms with van der Waals surface area (Å²) in [5, 5.41) is 16.9. The van der Waals surface area contributed by atoms with Gasteiger partial charge in [0, 0.05) is 43.3 Å². The molecule has 0 unspecified atom stereocenters. The Morgan fingerprint density at radius 2 is 0.540 bits per heavy atom. The standard InChI is InChI=1S/C35H26O.2C31H24O/c1-22(2)23-11-13-24(14-12-23)25-15-17-27(18-16-25)31-21-28-8-4-6-10-30(28)34-33-29-9-5-3-7-26(29)19-20-32(33)36-35(31)34;1-20(2)21-11-13-22(14-12-21)23-15-17-24(18-16-23)28-19-29-26-8-5-6-10-30(26)32-31(29)27-9-4-3-7-25(27)28;1-20(2)21-7-9-22(10-8-21)23-11-13-24(14-12-23)26-16-17-29-28(19-26)31-27-6-4-3-5-25(27)15-18-30(31)32-29/h3-22H,1-2H3;2*3-20H,1-2H3. The zero-order valence-electron chi connectivity index (χ0n) is 57.1. The molecular weight excluding hydrogens is 1210 g/mol. The van der Waals surface area contributed by atoms with E-state index < -0.39 is 0 Å². The highest BCUT2D eigenvalue weighted by molar-refractivity contribution is 6.29. The van der Waals surface area contributed by atoms with E-state index in [1.165, 1.54) is 137 Å². The van der Waals surface area contributed by atoms with Crippen molar-refractivity contribution in [2.24, 2.45) is 0 Å². The Morgan fingerprint density at radius 1 is 0.190 bits per heavy atom. The van der Waals surface area contributed by atoms with E-state index in [0.29, 0.717) is 17.8 Å². The minimum absolute atomic E-state index is 0.540. The predicted molar refractivity (Wildman–Crippen MR) is 426 cm³/mol. The molecule has 0 saturated heterocycles. The predicted octanol–water partition coefficient (Wildman–Crippen LogP) is 28.7. The molecule has 16 aromatic carbocycles. The molecule has 0 atom stereocenters. The quantitative estimate of drug-likeness (QED) is 0.145. The van der Waals surface area contributed by atoms with Crippen molar-refractivity contribution in [1.82, 2.24) is 0 Å². The van der Waals surface area contributed by atoms with Crippen LogP contribution in [0.2, 0.25) is 0 Å². The molecule has 0 radical (unpaired) electrons. The number of furan rings is 3. The molecule has 0 spiro atoms. The number of fused-ring (bicyclic) bond motifs is 17. The molecule has 3 heterocycles. The molecule has 0 fully saturated rings. The summed E-state index contributed by atoms with van der Waals surface area (Å²) in [4.78, 5) is 0. The highest BCUT2D eigenvalue weighted by Crippen LogP contribution is 2.45. The number of hydrogen-bond acceptors (Lipinski definition) is 3. The van der Waals surface area contributed by atoms with Gasteiger partial charge >= 0.3 is 0 Å². The minimum atomic E-state index is 0.540. The summed E-state index contributed by atoms with van der Waals surface area (Å²) >= 11 is 0. The first-order valence-corrected chi connectivity index (χ1v) is 35.1. The van der Waals surface area contributed by atoms with Crippen LogP contribution in [-0.2, 0) is 0 Å². The van der Waals surface area contributed by atoms with Gasteiger partial charge in [-0.3, -0.25) is 0 Å². The second-order valence-corrected chi connectivity index (χ2v) is 27.6. The number of hydrogen-bond donors (Lipinski definition) is 0. The highest BCUT2D eigenvalue weighted by atomic mass is 16.3. The van der Waals surface area contributed by atoms with Crippen molar-refractivity contribution in [3.8, 4) is 66.8 Å². The Morgan fingerprint density at radius 3 is 1.05 bits per heavy atom. The zero-order valence-corrected chi connectivity index (χ0v) is 57.1. The Labute approximate surface area is 582 Å². The molecule has 0 aliphatic carbocycles. The maximum absolute atomic E-state index is 6.60. The van der Waals surface area contributed by atoms with Crippen LogP contribution in [0, 0.1) is 0 Å². The molecule has 19 aromatic rings. The van der Waals surface area contributed by atoms with Gasteiger partial charge in [0.15, 0.2) is 0 Å². The molecule has 0 bridgehead atoms. The van der Waals surface area contributed by atoms with Gasteiger partial charge < -0.3 is 13.3 Å². The van der Waals surface area contributed by atoms with E-state index in [2.05, 4.69) is 351 Å². The average Bonchev–Trinajstić information content (AvgIpc) is 1.55. The fraction of sp³-hybridized carbons (Fsp3) is 0.0928. The van der Waals surface area contributed by atoms with Crippen LogP contribution in [0.15, 0.2) is 335 Å². The summed E-state index contributed by atoms with van der Waals surface area (Å²) in [6.07, 6.45) is 0. The molecule has 0 saturated carbocycles. The zero-order chi connectivity index (χ0) is 67.5. The maximum atomic E-state index is 6.60. The molecule has 3 nitrogen and oxygen atoms in total. The van der Waals surface area contributed by atoms with Crippen molar-refractivity contribution < 1.29 is 13.3 Å². The lowest BCUT2D eigenvalue weighted by molar-refractivity contribution is 0.669. The lowest BCUT2D eigenvalue weighted by Crippen LogP contribution is -1.87. The minimum Gasteiger partial charge on any atom is -0.456 e. The number of rotatable bonds is 9. The topological polar surface area (TPSA) is 39.4 Å². The summed E-state index contributed by atoms with van der Waals surface area (Å²) in [7, 11) is 0. The van der Waals surface area contributed by atoms with Crippen molar-refractivity contribution in [1.29, 1.82) is 0 Å². The van der Waals surface area contributed by atoms with Gasteiger partial charge in [-0.1, -0.05) is 321 Å². The molecule has 0 N–H and O–H groups in total. The summed E-state index contributed by atoms with van der Waals surface area (Å²) in [5.74, 6) is 1.64. The third-order valence-corrected chi connectivity index (χ3v) is 20.4. The van der Waals surface area contributed by atoms with E-state index in [4.69, 9.17) is 13.3 Å². The second-order valence-electron chi connectivity index (χ2n) is 27.6. The molecule has 0 amide bonds. The number of benzene rings is 16. The lowest BCUT2D eigenvalue weighted by atomic mass is 9.93. The van der Waals surface area contributed by atoms with E-state index in [1.807, 2.05) is 12.1 Å². The molecule has 3 heteroatoms. The van der Waals surface area contributed by atoms with E-state index in [-0.39, 0.29) is 0 Å². The first kappa shape index (κ1) is 61.5. The Hall–Kier alpha value is -12.0. The van der Waals surface area contributed by atoms with Crippen LogP contribution in [0.4, 0.5) is 0 Å². The molecule has 0 aliphatic heterocycles. The summed E-state index contributed by atoms with van der Waals surface area (Å²) < 4.78 is 19.0. The lowest BCUT2D eigenvalue weighted by Gasteiger charge is -2.10. The van der Waals surface area contributed by atoms with Crippen molar-refractivity contribution >= 4 is 109 Å². The summed E-state index contributed by atoms with van der Waals surface area (Å²) in [6.45, 7) is 13.4. The number of para-hydroxylation sites is 1. The molecular formula is C97H74O3. The SMILES string of the molecule is CC(C)c1ccc(-c2ccc(-c3cc4c5ccccc5oc4c4ccccc34)cc2)cc1.CC(C)c1ccc(-c2ccc(-c3cc4ccccc4c4c3oc3ccc5ccccc5c34)cc2)cc1.CC(C)c1ccc(-c2ccc(-c3ccc4oc5ccc6ccccc6c5c4c3)cc2)cc1. The molecule has 3 aromatic heterocycles. The van der Waals surface area contributed by atoms with Gasteiger partial charge in [-0.25, -0.2) is 0 Å². The molecule has 19 rings (SSSR count). The third-order valence-electron chi connectivity index (χ3n) is 20.4. The largest absolute Gasteiger partial charge is 0.456 e. The van der Waals surface area contributed by atoms with Crippen LogP contribution in [0.5, 0.6) is 0 Å². The molecule has 480 valence electrons. The monoisotopic (exact) mass is 1290 g/mol. The highest BCUT2D eigenvalue weighted by Gasteiger charge is 2.20. The third kappa shape index (κ3) is 11.3. The van der Waals surface area contributed by atoms with Crippen LogP contribution in [0.25, 0.3) is 176 Å². The normalized spacial score (nSPS) is 11.8. The van der Waals surface area contributed by atoms with Gasteiger partial charge in [0.1, 0.15) is 33.5 Å². The Balaban J connectivity index is 0.000000112. The van der Waals surface area contributed by atoms with E-state index in [9.17, 15) is 0 Å². The van der Waals surface area contributed by atoms with Gasteiger partial charge in [0.05, 0.1) is 0 Å². The first-order chi connectivity index (χ1) is 49.0. The molecule has 100 heavy (non-hydrogen) atoms. The van der Waals surface area contributed by atoms with Crippen LogP contribution in [0.1, 0.15) is 76.0 Å². The first-order valence-electron chi connectivity index (χ1n) is 35.1. The fourth-order valence-electron chi connectivity index (χ4n) is 14.8. The van der Waals surface area contributed by atoms with Crippen LogP contribution in [0.3, 0.4) is 0 Å². The van der Waals surface area contributed by atoms with Crippen LogP contribution in [-0.4, -0.2) is 0 Å². The Bertz CT molecular complexity index is 6240. The smallest absolute Gasteiger partial charge is 0.143 e.